The molecule has 21 heavy (non-hydrogen) atoms. The largest absolute Gasteiger partial charge is 0.494 e. The van der Waals surface area contributed by atoms with E-state index in [4.69, 9.17) is 4.74 Å². The molecule has 0 radical (unpaired) electrons. The van der Waals surface area contributed by atoms with E-state index in [0.29, 0.717) is 12.2 Å². The maximum Gasteiger partial charge on any atom is 0.159 e. The number of Topliss-reactive ketones (excluding diaryl/α,β-unsaturated/α-hetero) is 1. The molecule has 4 heteroatoms. The fourth-order valence-electron chi connectivity index (χ4n) is 1.90. The highest BCUT2D eigenvalue weighted by atomic mass is 32.2. The van der Waals surface area contributed by atoms with Gasteiger partial charge >= 0.3 is 0 Å². The predicted molar refractivity (Wildman–Crippen MR) is 86.2 cm³/mol. The van der Waals surface area contributed by atoms with Gasteiger partial charge in [0.05, 0.1) is 11.6 Å². The van der Waals surface area contributed by atoms with Crippen LogP contribution in [0.25, 0.3) is 0 Å². The standard InChI is InChI=1S/C17H19NO2S/c1-4-20-16-7-6-14(13(3)19)9-15(16)11-21-17-8-5-12(2)10-18-17/h5-10H,4,11H2,1-3H3. The summed E-state index contributed by atoms with van der Waals surface area (Å²) in [7, 11) is 0. The van der Waals surface area contributed by atoms with Crippen LogP contribution in [0.1, 0.15) is 35.3 Å². The summed E-state index contributed by atoms with van der Waals surface area (Å²) >= 11 is 1.64. The van der Waals surface area contributed by atoms with E-state index >= 15 is 0 Å². The molecule has 1 aromatic heterocycles. The van der Waals surface area contributed by atoms with Gasteiger partial charge in [-0.15, -0.1) is 11.8 Å². The van der Waals surface area contributed by atoms with Crippen molar-refractivity contribution in [3.05, 3.63) is 53.2 Å². The van der Waals surface area contributed by atoms with Gasteiger partial charge in [-0.05, 0) is 50.6 Å². The number of carbonyl (C=O) groups is 1. The van der Waals surface area contributed by atoms with E-state index in [9.17, 15) is 4.79 Å². The lowest BCUT2D eigenvalue weighted by Gasteiger charge is -2.11. The van der Waals surface area contributed by atoms with Crippen LogP contribution in [0.2, 0.25) is 0 Å². The monoisotopic (exact) mass is 301 g/mol. The third-order valence-electron chi connectivity index (χ3n) is 3.03. The van der Waals surface area contributed by atoms with Crippen molar-refractivity contribution < 1.29 is 9.53 Å². The second kappa shape index (κ2) is 7.27. The van der Waals surface area contributed by atoms with Gasteiger partial charge in [-0.1, -0.05) is 6.07 Å². The van der Waals surface area contributed by atoms with Crippen molar-refractivity contribution in [1.82, 2.24) is 4.98 Å². The van der Waals surface area contributed by atoms with Gasteiger partial charge in [0, 0.05) is 23.1 Å². The highest BCUT2D eigenvalue weighted by molar-refractivity contribution is 7.98. The first-order chi connectivity index (χ1) is 10.1. The van der Waals surface area contributed by atoms with Gasteiger partial charge in [0.1, 0.15) is 5.75 Å². The van der Waals surface area contributed by atoms with Gasteiger partial charge < -0.3 is 4.74 Å². The molecule has 0 fully saturated rings. The summed E-state index contributed by atoms with van der Waals surface area (Å²) in [6, 6.07) is 9.65. The quantitative estimate of drug-likeness (QED) is 0.589. The molecule has 0 aliphatic heterocycles. The van der Waals surface area contributed by atoms with Crippen molar-refractivity contribution in [2.75, 3.05) is 6.61 Å². The van der Waals surface area contributed by atoms with Gasteiger partial charge in [0.15, 0.2) is 5.78 Å². The van der Waals surface area contributed by atoms with Crippen molar-refractivity contribution in [2.45, 2.75) is 31.6 Å². The maximum atomic E-state index is 11.5. The van der Waals surface area contributed by atoms with E-state index in [1.165, 1.54) is 0 Å². The molecule has 0 saturated heterocycles. The van der Waals surface area contributed by atoms with Crippen LogP contribution in [-0.2, 0) is 5.75 Å². The lowest BCUT2D eigenvalue weighted by Crippen LogP contribution is -1.99. The first kappa shape index (κ1) is 15.6. The van der Waals surface area contributed by atoms with Crippen LogP contribution in [0.15, 0.2) is 41.6 Å². The Morgan fingerprint density at radius 1 is 1.29 bits per heavy atom. The summed E-state index contributed by atoms with van der Waals surface area (Å²) in [5.74, 6) is 1.63. The summed E-state index contributed by atoms with van der Waals surface area (Å²) in [6.45, 7) is 6.16. The molecule has 2 rings (SSSR count). The van der Waals surface area contributed by atoms with E-state index in [0.717, 1.165) is 27.7 Å². The number of thioether (sulfide) groups is 1. The summed E-state index contributed by atoms with van der Waals surface area (Å²) in [5, 5.41) is 0.969. The molecule has 110 valence electrons. The lowest BCUT2D eigenvalue weighted by atomic mass is 10.1. The molecular weight excluding hydrogens is 282 g/mol. The highest BCUT2D eigenvalue weighted by Gasteiger charge is 2.09. The van der Waals surface area contributed by atoms with Gasteiger partial charge in [0.25, 0.3) is 0 Å². The summed E-state index contributed by atoms with van der Waals surface area (Å²) in [6.07, 6.45) is 1.86. The molecule has 1 aromatic carbocycles. The van der Waals surface area contributed by atoms with Crippen molar-refractivity contribution in [3.8, 4) is 5.75 Å². The van der Waals surface area contributed by atoms with Gasteiger partial charge in [0.2, 0.25) is 0 Å². The number of ketones is 1. The fourth-order valence-corrected chi connectivity index (χ4v) is 2.72. The summed E-state index contributed by atoms with van der Waals surface area (Å²) < 4.78 is 5.63. The van der Waals surface area contributed by atoms with Crippen molar-refractivity contribution in [2.24, 2.45) is 0 Å². The SMILES string of the molecule is CCOc1ccc(C(C)=O)cc1CSc1ccc(C)cn1. The molecule has 0 unspecified atom stereocenters. The Kier molecular flexibility index (Phi) is 5.39. The minimum atomic E-state index is 0.0674. The molecule has 0 saturated carbocycles. The summed E-state index contributed by atoms with van der Waals surface area (Å²) in [4.78, 5) is 15.9. The zero-order chi connectivity index (χ0) is 15.2. The number of pyridine rings is 1. The number of carbonyl (C=O) groups excluding carboxylic acids is 1. The van der Waals surface area contributed by atoms with Crippen molar-refractivity contribution >= 4 is 17.5 Å². The normalized spacial score (nSPS) is 10.4. The number of ether oxygens (including phenoxy) is 1. The van der Waals surface area contributed by atoms with Crippen LogP contribution in [0, 0.1) is 6.92 Å². The molecule has 0 aliphatic carbocycles. The summed E-state index contributed by atoms with van der Waals surface area (Å²) in [5.41, 5.74) is 2.88. The van der Waals surface area contributed by atoms with Crippen LogP contribution in [0.5, 0.6) is 5.75 Å². The van der Waals surface area contributed by atoms with Crippen LogP contribution in [0.3, 0.4) is 0 Å². The number of benzene rings is 1. The minimum Gasteiger partial charge on any atom is -0.494 e. The number of aryl methyl sites for hydroxylation is 1. The Morgan fingerprint density at radius 3 is 2.71 bits per heavy atom. The average Bonchev–Trinajstić information content (AvgIpc) is 2.48. The smallest absolute Gasteiger partial charge is 0.159 e. The van der Waals surface area contributed by atoms with E-state index in [-0.39, 0.29) is 5.78 Å². The number of rotatable bonds is 6. The number of hydrogen-bond donors (Lipinski definition) is 0. The Hall–Kier alpha value is -1.81. The first-order valence-corrected chi connectivity index (χ1v) is 7.91. The van der Waals surface area contributed by atoms with E-state index in [2.05, 4.69) is 4.98 Å². The third kappa shape index (κ3) is 4.33. The Labute approximate surface area is 129 Å². The maximum absolute atomic E-state index is 11.5. The van der Waals surface area contributed by atoms with Gasteiger partial charge in [-0.25, -0.2) is 4.98 Å². The molecule has 0 atom stereocenters. The second-order valence-electron chi connectivity index (χ2n) is 4.77. The lowest BCUT2D eigenvalue weighted by molar-refractivity contribution is 0.101. The molecular formula is C17H19NO2S. The average molecular weight is 301 g/mol. The van der Waals surface area contributed by atoms with Crippen LogP contribution in [0.4, 0.5) is 0 Å². The molecule has 0 aliphatic rings. The molecule has 0 amide bonds. The predicted octanol–water partition coefficient (Wildman–Crippen LogP) is 4.28. The van der Waals surface area contributed by atoms with Crippen LogP contribution < -0.4 is 4.74 Å². The third-order valence-corrected chi connectivity index (χ3v) is 4.02. The number of nitrogens with zero attached hydrogens (tertiary/aromatic N) is 1. The Balaban J connectivity index is 2.17. The van der Waals surface area contributed by atoms with E-state index < -0.39 is 0 Å². The highest BCUT2D eigenvalue weighted by Crippen LogP contribution is 2.28. The molecule has 1 heterocycles. The Morgan fingerprint density at radius 2 is 2.10 bits per heavy atom. The Bertz CT molecular complexity index is 623. The molecule has 3 nitrogen and oxygen atoms in total. The first-order valence-electron chi connectivity index (χ1n) is 6.92. The topological polar surface area (TPSA) is 39.2 Å². The number of aromatic nitrogens is 1. The minimum absolute atomic E-state index is 0.0674. The van der Waals surface area contributed by atoms with Crippen LogP contribution in [-0.4, -0.2) is 17.4 Å². The fraction of sp³-hybridized carbons (Fsp3) is 0.294. The second-order valence-corrected chi connectivity index (χ2v) is 5.77. The molecule has 2 aromatic rings. The van der Waals surface area contributed by atoms with Crippen molar-refractivity contribution in [1.29, 1.82) is 0 Å². The van der Waals surface area contributed by atoms with Crippen molar-refractivity contribution in [3.63, 3.8) is 0 Å². The van der Waals surface area contributed by atoms with Gasteiger partial charge in [-0.3, -0.25) is 4.79 Å². The van der Waals surface area contributed by atoms with E-state index in [1.807, 2.05) is 50.4 Å². The molecule has 0 spiro atoms. The number of hydrogen-bond acceptors (Lipinski definition) is 4. The van der Waals surface area contributed by atoms with Crippen LogP contribution >= 0.6 is 11.8 Å². The zero-order valence-corrected chi connectivity index (χ0v) is 13.4. The molecule has 0 N–H and O–H groups in total. The molecule has 0 bridgehead atoms. The van der Waals surface area contributed by atoms with E-state index in [1.54, 1.807) is 18.7 Å². The van der Waals surface area contributed by atoms with Gasteiger partial charge in [-0.2, -0.15) is 0 Å². The zero-order valence-electron chi connectivity index (χ0n) is 12.6.